The Hall–Kier alpha value is -1.91. The third-order valence-electron chi connectivity index (χ3n) is 2.76. The van der Waals surface area contributed by atoms with Crippen LogP contribution in [-0.2, 0) is 14.8 Å². The maximum absolute atomic E-state index is 13.4. The Labute approximate surface area is 136 Å². The Morgan fingerprint density at radius 3 is 2.65 bits per heavy atom. The number of sulfonamides is 1. The molecule has 0 aliphatic rings. The van der Waals surface area contributed by atoms with E-state index in [-0.39, 0.29) is 22.1 Å². The number of rotatable bonds is 6. The Kier molecular flexibility index (Phi) is 5.39. The fraction of sp³-hybridized carbons (Fsp3) is 0.231. The number of thioether (sulfide) groups is 1. The van der Waals surface area contributed by atoms with Crippen molar-refractivity contribution in [3.63, 3.8) is 0 Å². The van der Waals surface area contributed by atoms with Gasteiger partial charge in [0.2, 0.25) is 5.91 Å². The highest BCUT2D eigenvalue weighted by atomic mass is 32.2. The molecule has 0 atom stereocenters. The highest BCUT2D eigenvalue weighted by molar-refractivity contribution is 8.00. The van der Waals surface area contributed by atoms with Crippen LogP contribution >= 0.6 is 11.8 Å². The molecule has 0 saturated heterocycles. The van der Waals surface area contributed by atoms with Gasteiger partial charge in [-0.05, 0) is 26.0 Å². The quantitative estimate of drug-likeness (QED) is 0.599. The van der Waals surface area contributed by atoms with Crippen LogP contribution in [0.3, 0.4) is 0 Å². The van der Waals surface area contributed by atoms with Crippen LogP contribution in [0.15, 0.2) is 38.6 Å². The van der Waals surface area contributed by atoms with Crippen molar-refractivity contribution in [2.75, 3.05) is 5.75 Å². The summed E-state index contributed by atoms with van der Waals surface area (Å²) < 4.78 is 42.3. The van der Waals surface area contributed by atoms with E-state index >= 15 is 0 Å². The standard InChI is InChI=1S/C13H14FN3O4S2/c1-8-13(9(2)21-16-8)23(19,20)17-15-12(18)7-22-11-6-4-3-5-10(11)14/h3-6,17H,7H2,1-2H3,(H,15,18). The molecule has 1 aromatic carbocycles. The summed E-state index contributed by atoms with van der Waals surface area (Å²) in [5.41, 5.74) is 2.25. The van der Waals surface area contributed by atoms with Crippen molar-refractivity contribution >= 4 is 27.7 Å². The number of hydrazine groups is 1. The highest BCUT2D eigenvalue weighted by Crippen LogP contribution is 2.21. The summed E-state index contributed by atoms with van der Waals surface area (Å²) in [6.45, 7) is 2.92. The van der Waals surface area contributed by atoms with E-state index in [0.717, 1.165) is 11.8 Å². The van der Waals surface area contributed by atoms with Gasteiger partial charge in [0.1, 0.15) is 16.4 Å². The largest absolute Gasteiger partial charge is 0.360 e. The second kappa shape index (κ2) is 7.11. The van der Waals surface area contributed by atoms with Gasteiger partial charge in [0.25, 0.3) is 10.0 Å². The van der Waals surface area contributed by atoms with E-state index in [1.807, 2.05) is 4.83 Å². The van der Waals surface area contributed by atoms with Crippen LogP contribution in [0.2, 0.25) is 0 Å². The van der Waals surface area contributed by atoms with E-state index in [1.165, 1.54) is 32.0 Å². The molecule has 0 radical (unpaired) electrons. The average Bonchev–Trinajstić information content (AvgIpc) is 2.84. The molecule has 1 aromatic heterocycles. The number of aryl methyl sites for hydroxylation is 2. The summed E-state index contributed by atoms with van der Waals surface area (Å²) in [6, 6.07) is 5.99. The van der Waals surface area contributed by atoms with E-state index in [9.17, 15) is 17.6 Å². The van der Waals surface area contributed by atoms with E-state index in [1.54, 1.807) is 6.07 Å². The normalized spacial score (nSPS) is 11.4. The van der Waals surface area contributed by atoms with Gasteiger partial charge in [0, 0.05) is 4.90 Å². The number of nitrogens with one attached hydrogen (secondary N) is 2. The SMILES string of the molecule is Cc1noc(C)c1S(=O)(=O)NNC(=O)CSc1ccccc1F. The van der Waals surface area contributed by atoms with Gasteiger partial charge in [-0.1, -0.05) is 17.3 Å². The fourth-order valence-corrected chi connectivity index (χ4v) is 3.71. The van der Waals surface area contributed by atoms with Crippen molar-refractivity contribution in [3.05, 3.63) is 41.5 Å². The van der Waals surface area contributed by atoms with Crippen LogP contribution in [0.4, 0.5) is 4.39 Å². The minimum atomic E-state index is -3.99. The lowest BCUT2D eigenvalue weighted by Crippen LogP contribution is -2.42. The van der Waals surface area contributed by atoms with Gasteiger partial charge in [-0.3, -0.25) is 10.2 Å². The molecule has 1 heterocycles. The third-order valence-corrected chi connectivity index (χ3v) is 5.30. The molecule has 0 unspecified atom stereocenters. The molecule has 0 bridgehead atoms. The first-order valence-electron chi connectivity index (χ1n) is 6.42. The molecule has 1 amide bonds. The molecule has 2 N–H and O–H groups in total. The van der Waals surface area contributed by atoms with Crippen LogP contribution in [0.5, 0.6) is 0 Å². The van der Waals surface area contributed by atoms with E-state index in [0.29, 0.717) is 4.90 Å². The zero-order valence-electron chi connectivity index (χ0n) is 12.3. The molecule has 0 saturated carbocycles. The van der Waals surface area contributed by atoms with Gasteiger partial charge in [0.15, 0.2) is 5.76 Å². The molecule has 2 rings (SSSR count). The highest BCUT2D eigenvalue weighted by Gasteiger charge is 2.24. The summed E-state index contributed by atoms with van der Waals surface area (Å²) in [5.74, 6) is -1.09. The average molecular weight is 359 g/mol. The monoisotopic (exact) mass is 359 g/mol. The first-order chi connectivity index (χ1) is 10.8. The summed E-state index contributed by atoms with van der Waals surface area (Å²) >= 11 is 0.957. The third kappa shape index (κ3) is 4.30. The van der Waals surface area contributed by atoms with Crippen LogP contribution in [0.25, 0.3) is 0 Å². The predicted molar refractivity (Wildman–Crippen MR) is 81.6 cm³/mol. The lowest BCUT2D eigenvalue weighted by atomic mass is 10.3. The number of carbonyl (C=O) groups is 1. The van der Waals surface area contributed by atoms with Crippen molar-refractivity contribution in [1.82, 2.24) is 15.4 Å². The summed E-state index contributed by atoms with van der Waals surface area (Å²) in [5, 5.41) is 3.54. The molecule has 0 aliphatic carbocycles. The smallest absolute Gasteiger partial charge is 0.262 e. The maximum Gasteiger partial charge on any atom is 0.262 e. The van der Waals surface area contributed by atoms with Crippen molar-refractivity contribution in [2.45, 2.75) is 23.6 Å². The van der Waals surface area contributed by atoms with Gasteiger partial charge in [-0.2, -0.15) is 0 Å². The van der Waals surface area contributed by atoms with Crippen molar-refractivity contribution < 1.29 is 22.1 Å². The van der Waals surface area contributed by atoms with Crippen LogP contribution < -0.4 is 10.3 Å². The zero-order chi connectivity index (χ0) is 17.0. The Morgan fingerprint density at radius 1 is 1.35 bits per heavy atom. The Morgan fingerprint density at radius 2 is 2.04 bits per heavy atom. The molecule has 10 heteroatoms. The number of aromatic nitrogens is 1. The first kappa shape index (κ1) is 17.4. The minimum absolute atomic E-state index is 0.116. The van der Waals surface area contributed by atoms with Gasteiger partial charge in [-0.25, -0.2) is 12.8 Å². The van der Waals surface area contributed by atoms with Gasteiger partial charge >= 0.3 is 0 Å². The lowest BCUT2D eigenvalue weighted by molar-refractivity contribution is -0.119. The molecule has 0 aliphatic heterocycles. The van der Waals surface area contributed by atoms with Gasteiger partial charge in [-0.15, -0.1) is 16.6 Å². The molecule has 2 aromatic rings. The van der Waals surface area contributed by atoms with Crippen molar-refractivity contribution in [2.24, 2.45) is 0 Å². The zero-order valence-corrected chi connectivity index (χ0v) is 13.9. The molecular weight excluding hydrogens is 345 g/mol. The maximum atomic E-state index is 13.4. The fourth-order valence-electron chi connectivity index (χ4n) is 1.77. The molecular formula is C13H14FN3O4S2. The van der Waals surface area contributed by atoms with E-state index < -0.39 is 21.7 Å². The number of hydrogen-bond acceptors (Lipinski definition) is 6. The van der Waals surface area contributed by atoms with Gasteiger partial charge < -0.3 is 4.52 Å². The summed E-state index contributed by atoms with van der Waals surface area (Å²) in [6.07, 6.45) is 0. The number of amides is 1. The van der Waals surface area contributed by atoms with Crippen LogP contribution in [-0.4, -0.2) is 25.2 Å². The predicted octanol–water partition coefficient (Wildman–Crippen LogP) is 1.53. The second-order valence-corrected chi connectivity index (χ2v) is 7.16. The molecule has 7 nitrogen and oxygen atoms in total. The number of hydrogen-bond donors (Lipinski definition) is 2. The number of nitrogens with zero attached hydrogens (tertiary/aromatic N) is 1. The van der Waals surface area contributed by atoms with Crippen molar-refractivity contribution in [3.8, 4) is 0 Å². The van der Waals surface area contributed by atoms with Crippen LogP contribution in [0.1, 0.15) is 11.5 Å². The molecule has 0 fully saturated rings. The minimum Gasteiger partial charge on any atom is -0.360 e. The first-order valence-corrected chi connectivity index (χ1v) is 8.89. The number of halogens is 1. The Balaban J connectivity index is 1.93. The molecule has 0 spiro atoms. The number of benzene rings is 1. The van der Waals surface area contributed by atoms with Gasteiger partial charge in [0.05, 0.1) is 5.75 Å². The van der Waals surface area contributed by atoms with E-state index in [2.05, 4.69) is 10.6 Å². The Bertz CT molecular complexity index is 801. The van der Waals surface area contributed by atoms with Crippen molar-refractivity contribution in [1.29, 1.82) is 0 Å². The molecule has 124 valence electrons. The summed E-state index contributed by atoms with van der Waals surface area (Å²) in [4.78, 5) is 13.8. The second-order valence-electron chi connectivity index (χ2n) is 4.53. The lowest BCUT2D eigenvalue weighted by Gasteiger charge is -2.08. The van der Waals surface area contributed by atoms with E-state index in [4.69, 9.17) is 4.52 Å². The number of carbonyl (C=O) groups excluding carboxylic acids is 1. The van der Waals surface area contributed by atoms with Crippen LogP contribution in [0, 0.1) is 19.7 Å². The topological polar surface area (TPSA) is 101 Å². The summed E-state index contributed by atoms with van der Waals surface area (Å²) in [7, 11) is -3.99. The molecule has 23 heavy (non-hydrogen) atoms.